The Morgan fingerprint density at radius 2 is 2.00 bits per heavy atom. The number of nitrogens with one attached hydrogen (secondary N) is 1. The van der Waals surface area contributed by atoms with Gasteiger partial charge >= 0.3 is 0 Å². The molecule has 5 nitrogen and oxygen atoms in total. The van der Waals surface area contributed by atoms with Crippen molar-refractivity contribution < 1.29 is 13.2 Å². The van der Waals surface area contributed by atoms with Crippen LogP contribution >= 0.6 is 0 Å². The van der Waals surface area contributed by atoms with Gasteiger partial charge in [0.1, 0.15) is 0 Å². The van der Waals surface area contributed by atoms with Crippen molar-refractivity contribution in [2.45, 2.75) is 31.1 Å². The highest BCUT2D eigenvalue weighted by Crippen LogP contribution is 2.18. The fourth-order valence-electron chi connectivity index (χ4n) is 1.93. The molecule has 0 aromatic rings. The standard InChI is InChI=1S/C10H22N2O3S/c1-9(8-11-2)16(13,14)12(3)10-4-6-15-7-5-10/h9-11H,4-8H2,1-3H3. The molecule has 1 N–H and O–H groups in total. The summed E-state index contributed by atoms with van der Waals surface area (Å²) in [5.41, 5.74) is 0. The summed E-state index contributed by atoms with van der Waals surface area (Å²) in [6.07, 6.45) is 1.59. The highest BCUT2D eigenvalue weighted by Gasteiger charge is 2.31. The number of sulfonamides is 1. The highest BCUT2D eigenvalue weighted by atomic mass is 32.2. The van der Waals surface area contributed by atoms with Gasteiger partial charge in [0.25, 0.3) is 0 Å². The zero-order chi connectivity index (χ0) is 12.2. The Morgan fingerprint density at radius 3 is 2.50 bits per heavy atom. The molecule has 1 fully saturated rings. The fourth-order valence-corrected chi connectivity index (χ4v) is 3.50. The lowest BCUT2D eigenvalue weighted by atomic mass is 10.1. The van der Waals surface area contributed by atoms with E-state index in [1.807, 2.05) is 0 Å². The maximum Gasteiger partial charge on any atom is 0.217 e. The van der Waals surface area contributed by atoms with Crippen molar-refractivity contribution in [2.24, 2.45) is 0 Å². The minimum Gasteiger partial charge on any atom is -0.381 e. The van der Waals surface area contributed by atoms with Crippen LogP contribution in [0.3, 0.4) is 0 Å². The van der Waals surface area contributed by atoms with Crippen molar-refractivity contribution in [1.29, 1.82) is 0 Å². The van der Waals surface area contributed by atoms with Gasteiger partial charge in [0.2, 0.25) is 10.0 Å². The average Bonchev–Trinajstić information content (AvgIpc) is 2.29. The Bertz CT molecular complexity index is 299. The van der Waals surface area contributed by atoms with Crippen LogP contribution in [0.2, 0.25) is 0 Å². The van der Waals surface area contributed by atoms with Crippen LogP contribution in [0.4, 0.5) is 0 Å². The second-order valence-electron chi connectivity index (χ2n) is 4.27. The molecule has 1 atom stereocenters. The van der Waals surface area contributed by atoms with Crippen molar-refractivity contribution in [3.8, 4) is 0 Å². The minimum absolute atomic E-state index is 0.0954. The molecule has 1 aliphatic rings. The first-order valence-electron chi connectivity index (χ1n) is 5.69. The molecule has 0 radical (unpaired) electrons. The van der Waals surface area contributed by atoms with E-state index in [0.717, 1.165) is 12.8 Å². The third-order valence-corrected chi connectivity index (χ3v) is 5.39. The quantitative estimate of drug-likeness (QED) is 0.748. The van der Waals surface area contributed by atoms with Crippen LogP contribution in [0.5, 0.6) is 0 Å². The van der Waals surface area contributed by atoms with Crippen LogP contribution in [0.15, 0.2) is 0 Å². The van der Waals surface area contributed by atoms with Gasteiger partial charge in [-0.05, 0) is 26.8 Å². The van der Waals surface area contributed by atoms with Gasteiger partial charge in [-0.1, -0.05) is 0 Å². The van der Waals surface area contributed by atoms with E-state index in [0.29, 0.717) is 19.8 Å². The van der Waals surface area contributed by atoms with E-state index in [4.69, 9.17) is 4.74 Å². The molecule has 6 heteroatoms. The first-order valence-corrected chi connectivity index (χ1v) is 7.19. The van der Waals surface area contributed by atoms with Crippen LogP contribution < -0.4 is 5.32 Å². The van der Waals surface area contributed by atoms with Crippen molar-refractivity contribution in [3.63, 3.8) is 0 Å². The van der Waals surface area contributed by atoms with E-state index in [-0.39, 0.29) is 11.3 Å². The summed E-state index contributed by atoms with van der Waals surface area (Å²) >= 11 is 0. The Hall–Kier alpha value is -0.170. The van der Waals surface area contributed by atoms with E-state index in [1.165, 1.54) is 4.31 Å². The molecule has 1 unspecified atom stereocenters. The summed E-state index contributed by atoms with van der Waals surface area (Å²) in [5.74, 6) is 0. The van der Waals surface area contributed by atoms with Crippen LogP contribution in [-0.4, -0.2) is 57.9 Å². The third kappa shape index (κ3) is 3.16. The van der Waals surface area contributed by atoms with E-state index >= 15 is 0 Å². The predicted octanol–water partition coefficient (Wildman–Crippen LogP) is 0.0349. The molecule has 1 heterocycles. The van der Waals surface area contributed by atoms with Gasteiger partial charge in [0, 0.05) is 32.8 Å². The first-order chi connectivity index (χ1) is 7.50. The maximum atomic E-state index is 12.2. The van der Waals surface area contributed by atoms with Crippen molar-refractivity contribution in [3.05, 3.63) is 0 Å². The smallest absolute Gasteiger partial charge is 0.217 e. The molecule has 0 bridgehead atoms. The van der Waals surface area contributed by atoms with Gasteiger partial charge in [-0.3, -0.25) is 0 Å². The van der Waals surface area contributed by atoms with E-state index < -0.39 is 10.0 Å². The second-order valence-corrected chi connectivity index (χ2v) is 6.68. The minimum atomic E-state index is -3.19. The van der Waals surface area contributed by atoms with Crippen LogP contribution in [0, 0.1) is 0 Å². The van der Waals surface area contributed by atoms with Gasteiger partial charge in [-0.25, -0.2) is 12.7 Å². The van der Waals surface area contributed by atoms with Crippen molar-refractivity contribution in [2.75, 3.05) is 33.9 Å². The Kier molecular flexibility index (Phi) is 5.17. The lowest BCUT2D eigenvalue weighted by Gasteiger charge is -2.32. The molecule has 1 rings (SSSR count). The van der Waals surface area contributed by atoms with Crippen molar-refractivity contribution >= 4 is 10.0 Å². The second kappa shape index (κ2) is 5.95. The number of ether oxygens (including phenoxy) is 1. The fraction of sp³-hybridized carbons (Fsp3) is 1.00. The molecule has 96 valence electrons. The normalized spacial score (nSPS) is 21.2. The van der Waals surface area contributed by atoms with Crippen molar-refractivity contribution in [1.82, 2.24) is 9.62 Å². The molecule has 0 aromatic carbocycles. The van der Waals surface area contributed by atoms with Gasteiger partial charge in [-0.15, -0.1) is 0 Å². The summed E-state index contributed by atoms with van der Waals surface area (Å²) in [5, 5.41) is 2.52. The number of nitrogens with zero attached hydrogens (tertiary/aromatic N) is 1. The largest absolute Gasteiger partial charge is 0.381 e. The molecular formula is C10H22N2O3S. The SMILES string of the molecule is CNCC(C)S(=O)(=O)N(C)C1CCOCC1. The molecule has 0 saturated carbocycles. The molecule has 0 amide bonds. The summed E-state index contributed by atoms with van der Waals surface area (Å²) < 4.78 is 31.1. The van der Waals surface area contributed by atoms with E-state index in [9.17, 15) is 8.42 Å². The van der Waals surface area contributed by atoms with Gasteiger partial charge in [-0.2, -0.15) is 0 Å². The lowest BCUT2D eigenvalue weighted by molar-refractivity contribution is 0.0630. The predicted molar refractivity (Wildman–Crippen MR) is 63.9 cm³/mol. The lowest BCUT2D eigenvalue weighted by Crippen LogP contribution is -2.46. The molecule has 0 aliphatic carbocycles. The maximum absolute atomic E-state index is 12.2. The Balaban J connectivity index is 2.66. The van der Waals surface area contributed by atoms with Gasteiger partial charge in [0.05, 0.1) is 5.25 Å². The van der Waals surface area contributed by atoms with Crippen LogP contribution in [-0.2, 0) is 14.8 Å². The first kappa shape index (κ1) is 13.9. The van der Waals surface area contributed by atoms with E-state index in [2.05, 4.69) is 5.32 Å². The monoisotopic (exact) mass is 250 g/mol. The molecule has 1 saturated heterocycles. The Labute approximate surface area is 98.2 Å². The van der Waals surface area contributed by atoms with Crippen LogP contribution in [0.1, 0.15) is 19.8 Å². The van der Waals surface area contributed by atoms with E-state index in [1.54, 1.807) is 21.0 Å². The zero-order valence-electron chi connectivity index (χ0n) is 10.3. The number of rotatable bonds is 5. The topological polar surface area (TPSA) is 58.6 Å². The molecular weight excluding hydrogens is 228 g/mol. The molecule has 0 aromatic heterocycles. The van der Waals surface area contributed by atoms with Gasteiger partial charge < -0.3 is 10.1 Å². The summed E-state index contributed by atoms with van der Waals surface area (Å²) in [7, 11) is 0.257. The van der Waals surface area contributed by atoms with Gasteiger partial charge in [0.15, 0.2) is 0 Å². The summed E-state index contributed by atoms with van der Waals surface area (Å²) in [6.45, 7) is 3.54. The molecule has 16 heavy (non-hydrogen) atoms. The summed E-state index contributed by atoms with van der Waals surface area (Å²) in [4.78, 5) is 0. The summed E-state index contributed by atoms with van der Waals surface area (Å²) in [6, 6.07) is 0.0954. The number of hydrogen-bond acceptors (Lipinski definition) is 4. The molecule has 0 spiro atoms. The highest BCUT2D eigenvalue weighted by molar-refractivity contribution is 7.89. The number of hydrogen-bond donors (Lipinski definition) is 1. The third-order valence-electron chi connectivity index (χ3n) is 3.11. The average molecular weight is 250 g/mol. The van der Waals surface area contributed by atoms with Crippen LogP contribution in [0.25, 0.3) is 0 Å². The Morgan fingerprint density at radius 1 is 1.44 bits per heavy atom. The molecule has 1 aliphatic heterocycles. The zero-order valence-corrected chi connectivity index (χ0v) is 11.1.